The second-order valence-electron chi connectivity index (χ2n) is 8.95. The first-order valence-electron chi connectivity index (χ1n) is 11.6. The Balaban J connectivity index is 1.34. The molecule has 2 aliphatic heterocycles. The van der Waals surface area contributed by atoms with Gasteiger partial charge in [0, 0.05) is 37.8 Å². The second-order valence-corrected chi connectivity index (χ2v) is 10.9. The molecule has 1 N–H and O–H groups in total. The maximum atomic E-state index is 12.8. The van der Waals surface area contributed by atoms with E-state index < -0.39 is 10.0 Å². The van der Waals surface area contributed by atoms with E-state index in [9.17, 15) is 13.2 Å². The number of benzene rings is 2. The van der Waals surface area contributed by atoms with Crippen LogP contribution in [0.4, 0.5) is 0 Å². The Morgan fingerprint density at radius 3 is 2.38 bits per heavy atom. The number of nitrogens with one attached hydrogen (secondary N) is 1. The van der Waals surface area contributed by atoms with Crippen LogP contribution in [0.1, 0.15) is 60.5 Å². The molecule has 2 aliphatic rings. The molecule has 2 aromatic rings. The van der Waals surface area contributed by atoms with Crippen LogP contribution in [0.15, 0.2) is 53.4 Å². The molecule has 4 rings (SSSR count). The number of carbonyl (C=O) groups excluding carboxylic acids is 1. The first kappa shape index (κ1) is 23.0. The van der Waals surface area contributed by atoms with E-state index in [1.165, 1.54) is 35.2 Å². The molecule has 2 aromatic carbocycles. The Morgan fingerprint density at radius 1 is 0.969 bits per heavy atom. The maximum absolute atomic E-state index is 12.8. The SMILES string of the molecule is CC1CCCCN1Cc1ccc(CNC(=O)c2cccc(S(=O)(=O)N3CCCC3)c2)cc1. The molecule has 1 amide bonds. The van der Waals surface area contributed by atoms with E-state index in [1.54, 1.807) is 18.2 Å². The van der Waals surface area contributed by atoms with E-state index in [1.807, 2.05) is 0 Å². The molecule has 2 saturated heterocycles. The zero-order valence-corrected chi connectivity index (χ0v) is 19.6. The van der Waals surface area contributed by atoms with Gasteiger partial charge in [-0.25, -0.2) is 8.42 Å². The molecule has 1 atom stereocenters. The summed E-state index contributed by atoms with van der Waals surface area (Å²) in [5.41, 5.74) is 2.67. The lowest BCUT2D eigenvalue weighted by Gasteiger charge is -2.33. The van der Waals surface area contributed by atoms with E-state index in [0.29, 0.717) is 31.2 Å². The number of hydrogen-bond donors (Lipinski definition) is 1. The highest BCUT2D eigenvalue weighted by atomic mass is 32.2. The number of sulfonamides is 1. The van der Waals surface area contributed by atoms with E-state index in [-0.39, 0.29) is 10.8 Å². The molecular weight excluding hydrogens is 422 g/mol. The van der Waals surface area contributed by atoms with Crippen LogP contribution in [0.2, 0.25) is 0 Å². The maximum Gasteiger partial charge on any atom is 0.251 e. The van der Waals surface area contributed by atoms with Gasteiger partial charge in [0.1, 0.15) is 0 Å². The summed E-state index contributed by atoms with van der Waals surface area (Å²) >= 11 is 0. The lowest BCUT2D eigenvalue weighted by Crippen LogP contribution is -2.36. The molecule has 2 heterocycles. The van der Waals surface area contributed by atoms with Gasteiger partial charge in [0.05, 0.1) is 4.90 Å². The molecule has 0 saturated carbocycles. The number of hydrogen-bond acceptors (Lipinski definition) is 4. The Morgan fingerprint density at radius 2 is 1.66 bits per heavy atom. The molecule has 172 valence electrons. The van der Waals surface area contributed by atoms with Crippen LogP contribution in [-0.4, -0.2) is 49.2 Å². The number of likely N-dealkylation sites (tertiary alicyclic amines) is 1. The molecule has 32 heavy (non-hydrogen) atoms. The predicted octanol–water partition coefficient (Wildman–Crippen LogP) is 3.78. The third-order valence-corrected chi connectivity index (χ3v) is 8.50. The van der Waals surface area contributed by atoms with Crippen molar-refractivity contribution in [2.24, 2.45) is 0 Å². The molecule has 0 spiro atoms. The van der Waals surface area contributed by atoms with Gasteiger partial charge in [0.15, 0.2) is 0 Å². The number of amides is 1. The number of nitrogens with zero attached hydrogens (tertiary/aromatic N) is 2. The molecular formula is C25H33N3O3S. The average Bonchev–Trinajstić information content (AvgIpc) is 3.36. The van der Waals surface area contributed by atoms with Gasteiger partial charge in [-0.2, -0.15) is 4.31 Å². The highest BCUT2D eigenvalue weighted by Gasteiger charge is 2.27. The Hall–Kier alpha value is -2.22. The summed E-state index contributed by atoms with van der Waals surface area (Å²) in [6, 6.07) is 15.3. The summed E-state index contributed by atoms with van der Waals surface area (Å²) in [4.78, 5) is 15.4. The first-order chi connectivity index (χ1) is 15.4. The fourth-order valence-electron chi connectivity index (χ4n) is 4.55. The topological polar surface area (TPSA) is 69.7 Å². The summed E-state index contributed by atoms with van der Waals surface area (Å²) in [6.07, 6.45) is 5.63. The molecule has 0 bridgehead atoms. The van der Waals surface area contributed by atoms with Crippen LogP contribution in [0.3, 0.4) is 0 Å². The molecule has 0 aliphatic carbocycles. The molecule has 0 radical (unpaired) electrons. The van der Waals surface area contributed by atoms with E-state index >= 15 is 0 Å². The zero-order chi connectivity index (χ0) is 22.6. The van der Waals surface area contributed by atoms with Crippen LogP contribution in [-0.2, 0) is 23.1 Å². The summed E-state index contributed by atoms with van der Waals surface area (Å²) < 4.78 is 27.0. The monoisotopic (exact) mass is 455 g/mol. The van der Waals surface area contributed by atoms with Crippen molar-refractivity contribution in [2.45, 2.75) is 63.1 Å². The third-order valence-electron chi connectivity index (χ3n) is 6.60. The zero-order valence-electron chi connectivity index (χ0n) is 18.8. The van der Waals surface area contributed by atoms with Crippen molar-refractivity contribution in [3.8, 4) is 0 Å². The quantitative estimate of drug-likeness (QED) is 0.690. The second kappa shape index (κ2) is 10.1. The average molecular weight is 456 g/mol. The summed E-state index contributed by atoms with van der Waals surface area (Å²) in [6.45, 7) is 5.92. The molecule has 6 nitrogen and oxygen atoms in total. The van der Waals surface area contributed by atoms with Gasteiger partial charge in [-0.15, -0.1) is 0 Å². The van der Waals surface area contributed by atoms with Gasteiger partial charge in [-0.3, -0.25) is 9.69 Å². The van der Waals surface area contributed by atoms with Crippen molar-refractivity contribution >= 4 is 15.9 Å². The van der Waals surface area contributed by atoms with Gasteiger partial charge in [0.25, 0.3) is 5.91 Å². The Labute approximate surface area is 191 Å². The van der Waals surface area contributed by atoms with Crippen molar-refractivity contribution in [3.05, 3.63) is 65.2 Å². The third kappa shape index (κ3) is 5.39. The van der Waals surface area contributed by atoms with Crippen molar-refractivity contribution in [1.82, 2.24) is 14.5 Å². The number of piperidine rings is 1. The first-order valence-corrected chi connectivity index (χ1v) is 13.1. The lowest BCUT2D eigenvalue weighted by atomic mass is 10.0. The fraction of sp³-hybridized carbons (Fsp3) is 0.480. The van der Waals surface area contributed by atoms with Crippen LogP contribution in [0.5, 0.6) is 0 Å². The van der Waals surface area contributed by atoms with Crippen molar-refractivity contribution in [2.75, 3.05) is 19.6 Å². The van der Waals surface area contributed by atoms with Crippen molar-refractivity contribution in [3.63, 3.8) is 0 Å². The lowest BCUT2D eigenvalue weighted by molar-refractivity contribution is 0.0950. The summed E-state index contributed by atoms with van der Waals surface area (Å²) in [5.74, 6) is -0.269. The Kier molecular flexibility index (Phi) is 7.28. The van der Waals surface area contributed by atoms with Crippen molar-refractivity contribution < 1.29 is 13.2 Å². The summed E-state index contributed by atoms with van der Waals surface area (Å²) in [5, 5.41) is 2.91. The van der Waals surface area contributed by atoms with Crippen molar-refractivity contribution in [1.29, 1.82) is 0 Å². The molecule has 0 aromatic heterocycles. The summed E-state index contributed by atoms with van der Waals surface area (Å²) in [7, 11) is -3.53. The molecule has 1 unspecified atom stereocenters. The van der Waals surface area contributed by atoms with Gasteiger partial charge in [0.2, 0.25) is 10.0 Å². The largest absolute Gasteiger partial charge is 0.348 e. The predicted molar refractivity (Wildman–Crippen MR) is 126 cm³/mol. The number of rotatable bonds is 7. The van der Waals surface area contributed by atoms with E-state index in [0.717, 1.165) is 31.5 Å². The molecule has 7 heteroatoms. The van der Waals surface area contributed by atoms with Gasteiger partial charge >= 0.3 is 0 Å². The minimum absolute atomic E-state index is 0.184. The van der Waals surface area contributed by atoms with Crippen LogP contribution in [0.25, 0.3) is 0 Å². The Bertz CT molecular complexity index is 1030. The van der Waals surface area contributed by atoms with E-state index in [4.69, 9.17) is 0 Å². The minimum atomic E-state index is -3.53. The highest BCUT2D eigenvalue weighted by Crippen LogP contribution is 2.22. The normalized spacial score (nSPS) is 20.3. The smallest absolute Gasteiger partial charge is 0.251 e. The van der Waals surface area contributed by atoms with Crippen LogP contribution >= 0.6 is 0 Å². The standard InChI is InChI=1S/C25H33N3O3S/c1-20-7-2-3-14-27(20)19-22-12-10-21(11-13-22)18-26-25(29)23-8-6-9-24(17-23)32(30,31)28-15-4-5-16-28/h6,8-13,17,20H,2-5,7,14-16,18-19H2,1H3,(H,26,29). The minimum Gasteiger partial charge on any atom is -0.348 e. The van der Waals surface area contributed by atoms with Gasteiger partial charge < -0.3 is 5.32 Å². The van der Waals surface area contributed by atoms with Gasteiger partial charge in [-0.1, -0.05) is 36.8 Å². The fourth-order valence-corrected chi connectivity index (χ4v) is 6.11. The van der Waals surface area contributed by atoms with Crippen LogP contribution in [0, 0.1) is 0 Å². The van der Waals surface area contributed by atoms with E-state index in [2.05, 4.69) is 41.4 Å². The van der Waals surface area contributed by atoms with Gasteiger partial charge in [-0.05, 0) is 68.5 Å². The number of carbonyl (C=O) groups is 1. The highest BCUT2D eigenvalue weighted by molar-refractivity contribution is 7.89. The molecule has 2 fully saturated rings. The van der Waals surface area contributed by atoms with Crippen LogP contribution < -0.4 is 5.32 Å².